The average Bonchev–Trinajstić information content (AvgIpc) is 2.43. The minimum absolute atomic E-state index is 0.156. The van der Waals surface area contributed by atoms with E-state index in [0.717, 1.165) is 0 Å². The van der Waals surface area contributed by atoms with Crippen molar-refractivity contribution in [2.75, 3.05) is 0 Å². The van der Waals surface area contributed by atoms with Crippen LogP contribution in [0.15, 0.2) is 22.2 Å². The lowest BCUT2D eigenvalue weighted by Gasteiger charge is -2.24. The number of alkyl halides is 3. The van der Waals surface area contributed by atoms with Gasteiger partial charge >= 0.3 is 6.18 Å². The molecule has 0 aromatic carbocycles. The number of rotatable bonds is 0. The molecule has 2 atom stereocenters. The fraction of sp³-hybridized carbons (Fsp3) is 0.500. The number of fused-ring (bicyclic) bond motifs is 1. The molecule has 7 heteroatoms. The van der Waals surface area contributed by atoms with Crippen LogP contribution in [0.4, 0.5) is 13.2 Å². The fourth-order valence-corrected chi connectivity index (χ4v) is 1.68. The maximum Gasteiger partial charge on any atom is 0.412 e. The van der Waals surface area contributed by atoms with Gasteiger partial charge in [-0.15, -0.1) is 0 Å². The predicted molar refractivity (Wildman–Crippen MR) is 51.0 cm³/mol. The van der Waals surface area contributed by atoms with E-state index in [1.807, 2.05) is 0 Å². The summed E-state index contributed by atoms with van der Waals surface area (Å²) in [6.45, 7) is 1.42. The van der Waals surface area contributed by atoms with Gasteiger partial charge in [-0.25, -0.2) is 5.01 Å². The number of allylic oxidation sites excluding steroid dienone is 1. The molecular weight excluding hydrogens is 231 g/mol. The van der Waals surface area contributed by atoms with Crippen LogP contribution in [-0.4, -0.2) is 34.3 Å². The highest BCUT2D eigenvalue weighted by molar-refractivity contribution is 6.68. The Morgan fingerprint density at radius 1 is 1.40 bits per heavy atom. The second kappa shape index (κ2) is 3.23. The first-order chi connectivity index (χ1) is 6.89. The highest BCUT2D eigenvalue weighted by Gasteiger charge is 2.49. The van der Waals surface area contributed by atoms with E-state index < -0.39 is 18.3 Å². The van der Waals surface area contributed by atoms with Gasteiger partial charge in [0.25, 0.3) is 0 Å². The molecule has 15 heavy (non-hydrogen) atoms. The highest BCUT2D eigenvalue weighted by atomic mass is 35.5. The van der Waals surface area contributed by atoms with E-state index in [1.165, 1.54) is 24.1 Å². The van der Waals surface area contributed by atoms with E-state index in [9.17, 15) is 13.2 Å². The minimum Gasteiger partial charge on any atom is -0.252 e. The molecule has 0 aliphatic carbocycles. The third kappa shape index (κ3) is 1.73. The third-order valence-electron chi connectivity index (χ3n) is 2.26. The molecule has 2 aliphatic heterocycles. The van der Waals surface area contributed by atoms with Crippen molar-refractivity contribution < 1.29 is 13.2 Å². The van der Waals surface area contributed by atoms with Crippen LogP contribution in [0.5, 0.6) is 0 Å². The van der Waals surface area contributed by atoms with Crippen molar-refractivity contribution in [3.8, 4) is 0 Å². The van der Waals surface area contributed by atoms with Gasteiger partial charge in [0.05, 0.1) is 6.04 Å². The van der Waals surface area contributed by atoms with Crippen molar-refractivity contribution in [3.05, 3.63) is 12.2 Å². The normalized spacial score (nSPS) is 30.1. The third-order valence-corrected chi connectivity index (χ3v) is 2.46. The molecule has 2 rings (SSSR count). The Labute approximate surface area is 88.9 Å². The van der Waals surface area contributed by atoms with Crippen LogP contribution in [-0.2, 0) is 0 Å². The Kier molecular flexibility index (Phi) is 2.26. The molecule has 3 nitrogen and oxygen atoms in total. The monoisotopic (exact) mass is 237 g/mol. The molecule has 2 heterocycles. The molecule has 0 aromatic heterocycles. The number of hydrogen-bond acceptors (Lipinski definition) is 3. The quantitative estimate of drug-likeness (QED) is 0.634. The largest absolute Gasteiger partial charge is 0.412 e. The standard InChI is InChI=1S/C8H7ClF3N3/c1-4-7(8(10,11)12)13-6-3-2-5(9)14-15(4)6/h2-4,7H,1H3. The van der Waals surface area contributed by atoms with Crippen molar-refractivity contribution in [2.45, 2.75) is 25.2 Å². The molecular formula is C8H7ClF3N3. The lowest BCUT2D eigenvalue weighted by atomic mass is 10.1. The number of amidine groups is 1. The summed E-state index contributed by atoms with van der Waals surface area (Å²) < 4.78 is 37.5. The molecule has 0 N–H and O–H groups in total. The van der Waals surface area contributed by atoms with Gasteiger partial charge in [-0.3, -0.25) is 4.99 Å². The molecule has 0 saturated carbocycles. The summed E-state index contributed by atoms with van der Waals surface area (Å²) in [4.78, 5) is 3.56. The van der Waals surface area contributed by atoms with Crippen molar-refractivity contribution in [1.82, 2.24) is 5.01 Å². The van der Waals surface area contributed by atoms with Gasteiger partial charge in [0, 0.05) is 0 Å². The van der Waals surface area contributed by atoms with Gasteiger partial charge in [0.1, 0.15) is 11.0 Å². The van der Waals surface area contributed by atoms with Crippen LogP contribution in [0.2, 0.25) is 0 Å². The Morgan fingerprint density at radius 2 is 2.07 bits per heavy atom. The first-order valence-corrected chi connectivity index (χ1v) is 4.63. The maximum absolute atomic E-state index is 12.5. The van der Waals surface area contributed by atoms with Crippen LogP contribution in [0.3, 0.4) is 0 Å². The van der Waals surface area contributed by atoms with Gasteiger partial charge in [-0.1, -0.05) is 11.6 Å². The zero-order chi connectivity index (χ0) is 11.2. The number of aliphatic imine (C=N–C) groups is 1. The Hall–Kier alpha value is -1.04. The second-order valence-electron chi connectivity index (χ2n) is 3.31. The topological polar surface area (TPSA) is 28.0 Å². The van der Waals surface area contributed by atoms with Crippen molar-refractivity contribution >= 4 is 22.6 Å². The van der Waals surface area contributed by atoms with Gasteiger partial charge in [0.15, 0.2) is 6.04 Å². The van der Waals surface area contributed by atoms with Gasteiger partial charge in [-0.05, 0) is 19.1 Å². The van der Waals surface area contributed by atoms with Crippen LogP contribution in [0.25, 0.3) is 0 Å². The summed E-state index contributed by atoms with van der Waals surface area (Å²) >= 11 is 5.60. The molecule has 82 valence electrons. The molecule has 0 saturated heterocycles. The van der Waals surface area contributed by atoms with Crippen molar-refractivity contribution in [2.24, 2.45) is 10.1 Å². The minimum atomic E-state index is -4.35. The van der Waals surface area contributed by atoms with Crippen LogP contribution in [0.1, 0.15) is 6.92 Å². The lowest BCUT2D eigenvalue weighted by molar-refractivity contribution is -0.153. The number of halogens is 4. The van der Waals surface area contributed by atoms with Crippen molar-refractivity contribution in [3.63, 3.8) is 0 Å². The zero-order valence-corrected chi connectivity index (χ0v) is 8.42. The first kappa shape index (κ1) is 10.5. The molecule has 0 radical (unpaired) electrons. The summed E-state index contributed by atoms with van der Waals surface area (Å²) in [5.74, 6) is 0.203. The second-order valence-corrected chi connectivity index (χ2v) is 3.70. The SMILES string of the molecule is CC1C(C(F)(F)F)N=C2C=CC(Cl)=NN21. The van der Waals surface area contributed by atoms with E-state index in [2.05, 4.69) is 10.1 Å². The molecule has 0 aromatic rings. The summed E-state index contributed by atoms with van der Waals surface area (Å²) in [6, 6.07) is -2.58. The van der Waals surface area contributed by atoms with Crippen LogP contribution in [0, 0.1) is 0 Å². The molecule has 0 fully saturated rings. The van der Waals surface area contributed by atoms with Crippen LogP contribution < -0.4 is 0 Å². The molecule has 2 unspecified atom stereocenters. The van der Waals surface area contributed by atoms with Crippen molar-refractivity contribution in [1.29, 1.82) is 0 Å². The van der Waals surface area contributed by atoms with E-state index >= 15 is 0 Å². The number of nitrogens with zero attached hydrogens (tertiary/aromatic N) is 3. The summed E-state index contributed by atoms with van der Waals surface area (Å²) in [6.07, 6.45) is -1.50. The Morgan fingerprint density at radius 3 is 2.67 bits per heavy atom. The first-order valence-electron chi connectivity index (χ1n) is 4.25. The molecule has 0 bridgehead atoms. The van der Waals surface area contributed by atoms with E-state index in [1.54, 1.807) is 0 Å². The van der Waals surface area contributed by atoms with Gasteiger partial charge in [0.2, 0.25) is 0 Å². The summed E-state index contributed by atoms with van der Waals surface area (Å²) in [5, 5.41) is 5.14. The molecule has 0 amide bonds. The Bertz CT molecular complexity index is 372. The molecule has 2 aliphatic rings. The maximum atomic E-state index is 12.5. The zero-order valence-electron chi connectivity index (χ0n) is 7.66. The lowest BCUT2D eigenvalue weighted by Crippen LogP contribution is -2.41. The number of hydrazone groups is 1. The van der Waals surface area contributed by atoms with E-state index in [0.29, 0.717) is 0 Å². The average molecular weight is 238 g/mol. The summed E-state index contributed by atoms with van der Waals surface area (Å²) in [7, 11) is 0. The smallest absolute Gasteiger partial charge is 0.252 e. The van der Waals surface area contributed by atoms with Gasteiger partial charge < -0.3 is 0 Å². The fourth-order valence-electron chi connectivity index (χ4n) is 1.54. The van der Waals surface area contributed by atoms with Crippen LogP contribution >= 0.6 is 11.6 Å². The van der Waals surface area contributed by atoms with E-state index in [-0.39, 0.29) is 11.0 Å². The highest BCUT2D eigenvalue weighted by Crippen LogP contribution is 2.33. The Balaban J connectivity index is 2.32. The van der Waals surface area contributed by atoms with E-state index in [4.69, 9.17) is 11.6 Å². The van der Waals surface area contributed by atoms with Gasteiger partial charge in [-0.2, -0.15) is 18.3 Å². The number of hydrogen-bond donors (Lipinski definition) is 0. The predicted octanol–water partition coefficient (Wildman–Crippen LogP) is 2.14. The molecule has 0 spiro atoms. The summed E-state index contributed by atoms with van der Waals surface area (Å²) in [5.41, 5.74) is 0.